The third-order valence-electron chi connectivity index (χ3n) is 3.96. The van der Waals surface area contributed by atoms with Crippen molar-refractivity contribution in [1.82, 2.24) is 14.9 Å². The summed E-state index contributed by atoms with van der Waals surface area (Å²) in [6.45, 7) is 3.38. The van der Waals surface area contributed by atoms with E-state index >= 15 is 0 Å². The third kappa shape index (κ3) is 3.95. The van der Waals surface area contributed by atoms with Gasteiger partial charge >= 0.3 is 0 Å². The molecule has 1 aromatic heterocycles. The maximum Gasteiger partial charge on any atom is 0.141 e. The van der Waals surface area contributed by atoms with Gasteiger partial charge in [0.1, 0.15) is 5.82 Å². The predicted molar refractivity (Wildman–Crippen MR) is 99.4 cm³/mol. The lowest BCUT2D eigenvalue weighted by atomic mass is 10.0. The minimum atomic E-state index is -0.439. The second kappa shape index (κ2) is 8.56. The number of β-amino-alcohol motifs (C(OH)–C–C–N with tert-alkyl or cyclic N) is 1. The van der Waals surface area contributed by atoms with Crippen molar-refractivity contribution in [1.29, 1.82) is 0 Å². The molecule has 0 unspecified atom stereocenters. The largest absolute Gasteiger partial charge is 0.390 e. The van der Waals surface area contributed by atoms with Crippen molar-refractivity contribution < 1.29 is 5.11 Å². The first-order valence-corrected chi connectivity index (χ1v) is 7.71. The molecular weight excluding hydrogens is 380 g/mol. The number of aromatic nitrogens is 2. The fourth-order valence-electron chi connectivity index (χ4n) is 2.76. The maximum atomic E-state index is 10.2. The van der Waals surface area contributed by atoms with E-state index in [9.17, 15) is 5.11 Å². The molecule has 2 heterocycles. The first kappa shape index (κ1) is 20.6. The topological polar surface area (TPSA) is 50.1 Å². The number of nitrogens with one attached hydrogen (secondary N) is 1. The molecule has 0 spiro atoms. The van der Waals surface area contributed by atoms with Crippen LogP contribution in [0.1, 0.15) is 18.0 Å². The van der Waals surface area contributed by atoms with Crippen LogP contribution in [0, 0.1) is 6.92 Å². The van der Waals surface area contributed by atoms with Gasteiger partial charge in [0, 0.05) is 24.5 Å². The normalized spacial score (nSPS) is 20.5. The number of halogens is 4. The van der Waals surface area contributed by atoms with Gasteiger partial charge in [0.05, 0.1) is 22.2 Å². The summed E-state index contributed by atoms with van der Waals surface area (Å²) in [6, 6.07) is 3.86. The summed E-state index contributed by atoms with van der Waals surface area (Å²) in [4.78, 5) is 4.42. The van der Waals surface area contributed by atoms with Crippen LogP contribution in [0.2, 0.25) is 10.0 Å². The van der Waals surface area contributed by atoms with Crippen molar-refractivity contribution in [3.05, 3.63) is 40.1 Å². The zero-order valence-electron chi connectivity index (χ0n) is 12.5. The maximum absolute atomic E-state index is 10.2. The number of aliphatic hydroxyl groups is 1. The molecule has 1 aliphatic heterocycles. The summed E-state index contributed by atoms with van der Waals surface area (Å²) in [5.74, 6) is 0.743. The van der Waals surface area contributed by atoms with Crippen LogP contribution in [0.5, 0.6) is 0 Å². The number of aryl methyl sites for hydroxylation is 1. The smallest absolute Gasteiger partial charge is 0.141 e. The molecular formula is C15H19Cl4N3O. The van der Waals surface area contributed by atoms with E-state index in [-0.39, 0.29) is 30.9 Å². The molecule has 0 saturated carbocycles. The van der Waals surface area contributed by atoms with Gasteiger partial charge in [0.2, 0.25) is 0 Å². The monoisotopic (exact) mass is 397 g/mol. The Kier molecular flexibility index (Phi) is 7.65. The van der Waals surface area contributed by atoms with Crippen molar-refractivity contribution >= 4 is 48.0 Å². The van der Waals surface area contributed by atoms with Gasteiger partial charge in [0.25, 0.3) is 0 Å². The first-order chi connectivity index (χ1) is 10.1. The van der Waals surface area contributed by atoms with Gasteiger partial charge in [-0.15, -0.1) is 24.8 Å². The van der Waals surface area contributed by atoms with Crippen LogP contribution < -0.4 is 5.32 Å². The van der Waals surface area contributed by atoms with Crippen LogP contribution in [-0.2, 0) is 0 Å². The van der Waals surface area contributed by atoms with Gasteiger partial charge in [0.15, 0.2) is 0 Å². The van der Waals surface area contributed by atoms with E-state index in [1.54, 1.807) is 6.20 Å². The zero-order chi connectivity index (χ0) is 15.0. The molecule has 3 rings (SSSR count). The Morgan fingerprint density at radius 3 is 2.70 bits per heavy atom. The van der Waals surface area contributed by atoms with Gasteiger partial charge in [-0.3, -0.25) is 0 Å². The standard InChI is InChI=1S/C15H17Cl2N3O.2ClH/c1-9-2-3-10(14(17)13(9)16)15-19-6-7-20(15)11-4-5-18-8-12(11)21;;/h2-3,6-7,11-12,18,21H,4-5,8H2,1H3;2*1H/t11-,12-;;/m0../s1. The highest BCUT2D eigenvalue weighted by molar-refractivity contribution is 6.44. The molecule has 8 heteroatoms. The molecule has 4 nitrogen and oxygen atoms in total. The summed E-state index contributed by atoms with van der Waals surface area (Å²) in [6.07, 6.45) is 4.03. The molecule has 0 amide bonds. The molecule has 2 aromatic rings. The highest BCUT2D eigenvalue weighted by Crippen LogP contribution is 2.36. The van der Waals surface area contributed by atoms with Gasteiger partial charge in [-0.1, -0.05) is 29.3 Å². The minimum Gasteiger partial charge on any atom is -0.390 e. The summed E-state index contributed by atoms with van der Waals surface area (Å²) in [5.41, 5.74) is 1.73. The van der Waals surface area contributed by atoms with Crippen molar-refractivity contribution in [2.45, 2.75) is 25.5 Å². The highest BCUT2D eigenvalue weighted by Gasteiger charge is 2.27. The lowest BCUT2D eigenvalue weighted by molar-refractivity contribution is 0.0880. The van der Waals surface area contributed by atoms with Crippen LogP contribution in [-0.4, -0.2) is 33.9 Å². The number of hydrogen-bond acceptors (Lipinski definition) is 3. The van der Waals surface area contributed by atoms with E-state index in [1.165, 1.54) is 0 Å². The average molecular weight is 399 g/mol. The number of imidazole rings is 1. The lowest BCUT2D eigenvalue weighted by Gasteiger charge is -2.30. The SMILES string of the molecule is Cc1ccc(-c2nccn2[C@H]2CCNC[C@@H]2O)c(Cl)c1Cl.Cl.Cl. The Morgan fingerprint density at radius 1 is 1.26 bits per heavy atom. The summed E-state index contributed by atoms with van der Waals surface area (Å²) in [5, 5.41) is 14.5. The fraction of sp³-hybridized carbons (Fsp3) is 0.400. The molecule has 1 fully saturated rings. The molecule has 0 bridgehead atoms. The van der Waals surface area contributed by atoms with Crippen LogP contribution >= 0.6 is 48.0 Å². The molecule has 0 radical (unpaired) electrons. The molecule has 2 N–H and O–H groups in total. The van der Waals surface area contributed by atoms with Crippen molar-refractivity contribution in [2.75, 3.05) is 13.1 Å². The van der Waals surface area contributed by atoms with Crippen molar-refractivity contribution in [3.63, 3.8) is 0 Å². The van der Waals surface area contributed by atoms with E-state index in [0.717, 1.165) is 29.9 Å². The molecule has 1 aromatic carbocycles. The van der Waals surface area contributed by atoms with E-state index in [2.05, 4.69) is 10.3 Å². The Morgan fingerprint density at radius 2 is 2.00 bits per heavy atom. The van der Waals surface area contributed by atoms with Crippen molar-refractivity contribution in [2.24, 2.45) is 0 Å². The minimum absolute atomic E-state index is 0. The van der Waals surface area contributed by atoms with Gasteiger partial charge < -0.3 is 15.0 Å². The molecule has 128 valence electrons. The van der Waals surface area contributed by atoms with E-state index < -0.39 is 6.10 Å². The lowest BCUT2D eigenvalue weighted by Crippen LogP contribution is -2.41. The number of benzene rings is 1. The quantitative estimate of drug-likeness (QED) is 0.806. The second-order valence-electron chi connectivity index (χ2n) is 5.34. The number of aliphatic hydroxyl groups excluding tert-OH is 1. The van der Waals surface area contributed by atoms with E-state index in [0.29, 0.717) is 16.6 Å². The molecule has 1 saturated heterocycles. The number of rotatable bonds is 2. The van der Waals surface area contributed by atoms with Crippen LogP contribution in [0.25, 0.3) is 11.4 Å². The Labute approximate surface area is 158 Å². The number of hydrogen-bond donors (Lipinski definition) is 2. The highest BCUT2D eigenvalue weighted by atomic mass is 35.5. The third-order valence-corrected chi connectivity index (χ3v) is 4.93. The fourth-order valence-corrected chi connectivity index (χ4v) is 3.22. The van der Waals surface area contributed by atoms with E-state index in [1.807, 2.05) is 29.8 Å². The second-order valence-corrected chi connectivity index (χ2v) is 6.10. The number of piperidine rings is 1. The Hall–Kier alpha value is -0.490. The van der Waals surface area contributed by atoms with Crippen molar-refractivity contribution in [3.8, 4) is 11.4 Å². The first-order valence-electron chi connectivity index (χ1n) is 6.96. The Balaban J connectivity index is 0.00000132. The summed E-state index contributed by atoms with van der Waals surface area (Å²) >= 11 is 12.6. The number of nitrogens with zero attached hydrogens (tertiary/aromatic N) is 2. The molecule has 0 aliphatic carbocycles. The van der Waals surface area contributed by atoms with E-state index in [4.69, 9.17) is 23.2 Å². The van der Waals surface area contributed by atoms with Crippen LogP contribution in [0.3, 0.4) is 0 Å². The van der Waals surface area contributed by atoms with Gasteiger partial charge in [-0.25, -0.2) is 4.98 Å². The van der Waals surface area contributed by atoms with Crippen LogP contribution in [0.15, 0.2) is 24.5 Å². The van der Waals surface area contributed by atoms with Gasteiger partial charge in [-0.2, -0.15) is 0 Å². The molecule has 1 aliphatic rings. The summed E-state index contributed by atoms with van der Waals surface area (Å²) in [7, 11) is 0. The van der Waals surface area contributed by atoms with Crippen LogP contribution in [0.4, 0.5) is 0 Å². The zero-order valence-corrected chi connectivity index (χ0v) is 15.6. The predicted octanol–water partition coefficient (Wildman–Crippen LogP) is 3.90. The Bertz CT molecular complexity index is 662. The summed E-state index contributed by atoms with van der Waals surface area (Å²) < 4.78 is 2.00. The van der Waals surface area contributed by atoms with Gasteiger partial charge in [-0.05, 0) is 31.5 Å². The molecule has 2 atom stereocenters. The molecule has 23 heavy (non-hydrogen) atoms. The average Bonchev–Trinajstić information content (AvgIpc) is 2.94.